The maximum absolute atomic E-state index is 11.2. The van der Waals surface area contributed by atoms with Gasteiger partial charge in [-0.1, -0.05) is 6.07 Å². The van der Waals surface area contributed by atoms with Crippen LogP contribution in [0, 0.1) is 0 Å². The van der Waals surface area contributed by atoms with Crippen LogP contribution >= 0.6 is 0 Å². The first-order valence-corrected chi connectivity index (χ1v) is 5.81. The second-order valence-electron chi connectivity index (χ2n) is 4.49. The summed E-state index contributed by atoms with van der Waals surface area (Å²) in [5, 5.41) is 6.39. The van der Waals surface area contributed by atoms with E-state index >= 15 is 0 Å². The number of carbonyl (C=O) groups excluding carboxylic acids is 1. The van der Waals surface area contributed by atoms with E-state index in [0.717, 1.165) is 23.4 Å². The van der Waals surface area contributed by atoms with Gasteiger partial charge in [-0.2, -0.15) is 0 Å². The molecule has 1 aliphatic rings. The number of nitrogens with one attached hydrogen (secondary N) is 2. The van der Waals surface area contributed by atoms with Crippen molar-refractivity contribution in [1.29, 1.82) is 0 Å². The van der Waals surface area contributed by atoms with Crippen molar-refractivity contribution < 1.29 is 9.53 Å². The number of hydrogen-bond donors (Lipinski definition) is 2. The Morgan fingerprint density at radius 2 is 2.29 bits per heavy atom. The molecule has 0 aliphatic carbocycles. The Balaban J connectivity index is 2.33. The van der Waals surface area contributed by atoms with Crippen LogP contribution in [0.4, 0.5) is 5.69 Å². The summed E-state index contributed by atoms with van der Waals surface area (Å²) in [6.45, 7) is 3.66. The molecule has 2 atom stereocenters. The zero-order valence-electron chi connectivity index (χ0n) is 10.4. The largest absolute Gasteiger partial charge is 0.497 e. The summed E-state index contributed by atoms with van der Waals surface area (Å²) in [6.07, 6.45) is 0.902. The molecule has 0 saturated heterocycles. The Kier molecular flexibility index (Phi) is 3.22. The third-order valence-electron chi connectivity index (χ3n) is 3.00. The van der Waals surface area contributed by atoms with Crippen LogP contribution in [-0.2, 0) is 4.79 Å². The third-order valence-corrected chi connectivity index (χ3v) is 3.00. The van der Waals surface area contributed by atoms with Crippen LogP contribution in [0.25, 0.3) is 0 Å². The molecule has 1 aromatic carbocycles. The van der Waals surface area contributed by atoms with E-state index in [2.05, 4.69) is 17.6 Å². The summed E-state index contributed by atoms with van der Waals surface area (Å²) in [4.78, 5) is 11.2. The highest BCUT2D eigenvalue weighted by molar-refractivity contribution is 5.74. The predicted molar refractivity (Wildman–Crippen MR) is 67.3 cm³/mol. The number of amides is 1. The summed E-state index contributed by atoms with van der Waals surface area (Å²) < 4.78 is 5.20. The van der Waals surface area contributed by atoms with Crippen molar-refractivity contribution in [3.8, 4) is 5.75 Å². The van der Waals surface area contributed by atoms with Crippen molar-refractivity contribution in [3.63, 3.8) is 0 Å². The normalized spacial score (nSPS) is 22.3. The third kappa shape index (κ3) is 2.52. The monoisotopic (exact) mass is 234 g/mol. The van der Waals surface area contributed by atoms with Crippen molar-refractivity contribution in [2.45, 2.75) is 32.4 Å². The minimum Gasteiger partial charge on any atom is -0.497 e. The quantitative estimate of drug-likeness (QED) is 0.823. The first-order chi connectivity index (χ1) is 8.10. The Morgan fingerprint density at radius 3 is 2.94 bits per heavy atom. The Bertz CT molecular complexity index is 431. The summed E-state index contributed by atoms with van der Waals surface area (Å²) >= 11 is 0. The van der Waals surface area contributed by atoms with Gasteiger partial charge in [0, 0.05) is 24.7 Å². The van der Waals surface area contributed by atoms with Gasteiger partial charge in [-0.05, 0) is 25.0 Å². The number of anilines is 1. The maximum atomic E-state index is 11.2. The second-order valence-corrected chi connectivity index (χ2v) is 4.49. The van der Waals surface area contributed by atoms with Crippen LogP contribution < -0.4 is 15.4 Å². The molecule has 1 aliphatic heterocycles. The van der Waals surface area contributed by atoms with Crippen molar-refractivity contribution >= 4 is 11.6 Å². The Labute approximate surface area is 101 Å². The van der Waals surface area contributed by atoms with E-state index in [1.165, 1.54) is 0 Å². The van der Waals surface area contributed by atoms with Gasteiger partial charge in [0.25, 0.3) is 0 Å². The van der Waals surface area contributed by atoms with Gasteiger partial charge >= 0.3 is 0 Å². The fraction of sp³-hybridized carbons (Fsp3) is 0.462. The van der Waals surface area contributed by atoms with Crippen molar-refractivity contribution in [1.82, 2.24) is 5.32 Å². The number of ether oxygens (including phenoxy) is 1. The SMILES string of the molecule is COc1ccc2c(c1)N[C@H](C)C[C@@H]2NC(C)=O. The molecule has 1 heterocycles. The molecule has 0 bridgehead atoms. The minimum atomic E-state index is 0.00543. The second kappa shape index (κ2) is 4.65. The molecule has 1 amide bonds. The van der Waals surface area contributed by atoms with Crippen LogP contribution in [0.1, 0.15) is 31.9 Å². The fourth-order valence-corrected chi connectivity index (χ4v) is 2.28. The van der Waals surface area contributed by atoms with Gasteiger partial charge in [0.05, 0.1) is 13.2 Å². The van der Waals surface area contributed by atoms with Gasteiger partial charge in [0.2, 0.25) is 5.91 Å². The standard InChI is InChI=1S/C13H18N2O2/c1-8-6-12(15-9(2)16)11-5-4-10(17-3)7-13(11)14-8/h4-5,7-8,12,14H,6H2,1-3H3,(H,15,16)/t8-,12+/m1/s1. The molecule has 0 spiro atoms. The number of hydrogen-bond acceptors (Lipinski definition) is 3. The molecular weight excluding hydrogens is 216 g/mol. The summed E-state index contributed by atoms with van der Waals surface area (Å²) in [5.74, 6) is 0.831. The Morgan fingerprint density at radius 1 is 1.53 bits per heavy atom. The molecule has 92 valence electrons. The Hall–Kier alpha value is -1.71. The van der Waals surface area contributed by atoms with Gasteiger partial charge in [-0.25, -0.2) is 0 Å². The zero-order valence-corrected chi connectivity index (χ0v) is 10.4. The number of rotatable bonds is 2. The van der Waals surface area contributed by atoms with E-state index in [0.29, 0.717) is 6.04 Å². The molecule has 2 rings (SSSR count). The molecule has 4 nitrogen and oxygen atoms in total. The van der Waals surface area contributed by atoms with E-state index in [9.17, 15) is 4.79 Å². The highest BCUT2D eigenvalue weighted by Crippen LogP contribution is 2.34. The molecule has 4 heteroatoms. The van der Waals surface area contributed by atoms with Gasteiger partial charge in [-0.15, -0.1) is 0 Å². The van der Waals surface area contributed by atoms with Crippen molar-refractivity contribution in [3.05, 3.63) is 23.8 Å². The molecule has 0 saturated carbocycles. The van der Waals surface area contributed by atoms with Crippen LogP contribution in [0.3, 0.4) is 0 Å². The van der Waals surface area contributed by atoms with E-state index in [1.54, 1.807) is 14.0 Å². The summed E-state index contributed by atoms with van der Waals surface area (Å²) in [5.41, 5.74) is 2.17. The molecule has 0 radical (unpaired) electrons. The lowest BCUT2D eigenvalue weighted by atomic mass is 9.93. The fourth-order valence-electron chi connectivity index (χ4n) is 2.28. The lowest BCUT2D eigenvalue weighted by Crippen LogP contribution is -2.35. The predicted octanol–water partition coefficient (Wildman–Crippen LogP) is 2.08. The molecular formula is C13H18N2O2. The molecule has 17 heavy (non-hydrogen) atoms. The zero-order chi connectivity index (χ0) is 12.4. The van der Waals surface area contributed by atoms with E-state index in [4.69, 9.17) is 4.74 Å². The molecule has 0 fully saturated rings. The average molecular weight is 234 g/mol. The summed E-state index contributed by atoms with van der Waals surface area (Å²) in [6, 6.07) is 6.33. The molecule has 0 unspecified atom stereocenters. The van der Waals surface area contributed by atoms with E-state index in [-0.39, 0.29) is 11.9 Å². The van der Waals surface area contributed by atoms with Gasteiger partial charge in [0.15, 0.2) is 0 Å². The highest BCUT2D eigenvalue weighted by Gasteiger charge is 2.24. The molecule has 0 aromatic heterocycles. The molecule has 1 aromatic rings. The lowest BCUT2D eigenvalue weighted by molar-refractivity contribution is -0.119. The number of carbonyl (C=O) groups is 1. The molecule has 2 N–H and O–H groups in total. The first-order valence-electron chi connectivity index (χ1n) is 5.81. The van der Waals surface area contributed by atoms with Gasteiger partial charge in [0.1, 0.15) is 5.75 Å². The highest BCUT2D eigenvalue weighted by atomic mass is 16.5. The number of fused-ring (bicyclic) bond motifs is 1. The minimum absolute atomic E-state index is 0.00543. The van der Waals surface area contributed by atoms with Crippen molar-refractivity contribution in [2.24, 2.45) is 0 Å². The van der Waals surface area contributed by atoms with Crippen LogP contribution in [0.15, 0.2) is 18.2 Å². The summed E-state index contributed by atoms with van der Waals surface area (Å²) in [7, 11) is 1.65. The maximum Gasteiger partial charge on any atom is 0.217 e. The van der Waals surface area contributed by atoms with Gasteiger partial charge < -0.3 is 15.4 Å². The van der Waals surface area contributed by atoms with Crippen LogP contribution in [0.5, 0.6) is 5.75 Å². The van der Waals surface area contributed by atoms with Crippen LogP contribution in [0.2, 0.25) is 0 Å². The number of methoxy groups -OCH3 is 1. The van der Waals surface area contributed by atoms with E-state index < -0.39 is 0 Å². The van der Waals surface area contributed by atoms with Crippen molar-refractivity contribution in [2.75, 3.05) is 12.4 Å². The lowest BCUT2D eigenvalue weighted by Gasteiger charge is -2.31. The van der Waals surface area contributed by atoms with Gasteiger partial charge in [-0.3, -0.25) is 4.79 Å². The number of benzene rings is 1. The average Bonchev–Trinajstić information content (AvgIpc) is 2.27. The van der Waals surface area contributed by atoms with E-state index in [1.807, 2.05) is 18.2 Å². The topological polar surface area (TPSA) is 50.4 Å². The first kappa shape index (κ1) is 11.8. The van der Waals surface area contributed by atoms with Crippen LogP contribution in [-0.4, -0.2) is 19.1 Å². The smallest absolute Gasteiger partial charge is 0.217 e.